The van der Waals surface area contributed by atoms with Crippen LogP contribution < -0.4 is 9.47 Å². The first-order valence-electron chi connectivity index (χ1n) is 11.1. The summed E-state index contributed by atoms with van der Waals surface area (Å²) in [6, 6.07) is 13.1. The third-order valence-electron chi connectivity index (χ3n) is 5.54. The molecular formula is C25H33NO5S. The van der Waals surface area contributed by atoms with Gasteiger partial charge in [-0.05, 0) is 74.6 Å². The van der Waals surface area contributed by atoms with E-state index in [-0.39, 0.29) is 23.5 Å². The molecule has 32 heavy (non-hydrogen) atoms. The van der Waals surface area contributed by atoms with Gasteiger partial charge in [0.15, 0.2) is 15.9 Å². The highest BCUT2D eigenvalue weighted by Gasteiger charge is 2.36. The third kappa shape index (κ3) is 6.48. The largest absolute Gasteiger partial charge is 0.494 e. The van der Waals surface area contributed by atoms with Crippen molar-refractivity contribution in [3.63, 3.8) is 0 Å². The van der Waals surface area contributed by atoms with Crippen LogP contribution in [0.1, 0.15) is 43.4 Å². The van der Waals surface area contributed by atoms with E-state index in [9.17, 15) is 13.2 Å². The maximum absolute atomic E-state index is 13.4. The van der Waals surface area contributed by atoms with Gasteiger partial charge in [0.2, 0.25) is 0 Å². The number of amides is 1. The zero-order valence-corrected chi connectivity index (χ0v) is 20.2. The fraction of sp³-hybridized carbons (Fsp3) is 0.480. The smallest absolute Gasteiger partial charge is 0.263 e. The minimum atomic E-state index is -3.13. The van der Waals surface area contributed by atoms with E-state index in [1.807, 2.05) is 56.3 Å². The summed E-state index contributed by atoms with van der Waals surface area (Å²) in [6.07, 6.45) is 0.646. The molecule has 7 heteroatoms. The number of benzene rings is 2. The van der Waals surface area contributed by atoms with Crippen LogP contribution in [0.25, 0.3) is 0 Å². The van der Waals surface area contributed by atoms with Gasteiger partial charge in [-0.25, -0.2) is 8.42 Å². The van der Waals surface area contributed by atoms with Crippen LogP contribution in [-0.2, 0) is 21.2 Å². The molecule has 1 saturated heterocycles. The van der Waals surface area contributed by atoms with Gasteiger partial charge in [0.05, 0.1) is 18.1 Å². The molecular weight excluding hydrogens is 426 g/mol. The second kappa shape index (κ2) is 10.4. The van der Waals surface area contributed by atoms with E-state index in [0.717, 1.165) is 28.9 Å². The normalized spacial score (nSPS) is 18.2. The molecule has 1 aliphatic heterocycles. The van der Waals surface area contributed by atoms with Crippen LogP contribution in [0.3, 0.4) is 0 Å². The second-order valence-electron chi connectivity index (χ2n) is 8.60. The summed E-state index contributed by atoms with van der Waals surface area (Å²) in [4.78, 5) is 15.1. The Bertz CT molecular complexity index is 1010. The van der Waals surface area contributed by atoms with Crippen LogP contribution in [0.4, 0.5) is 0 Å². The summed E-state index contributed by atoms with van der Waals surface area (Å²) in [5, 5.41) is 0. The van der Waals surface area contributed by atoms with Gasteiger partial charge in [-0.3, -0.25) is 4.79 Å². The number of carbonyl (C=O) groups excluding carboxylic acids is 1. The van der Waals surface area contributed by atoms with Crippen molar-refractivity contribution in [2.24, 2.45) is 0 Å². The third-order valence-corrected chi connectivity index (χ3v) is 7.29. The second-order valence-corrected chi connectivity index (χ2v) is 10.8. The highest BCUT2D eigenvalue weighted by atomic mass is 32.2. The predicted octanol–water partition coefficient (Wildman–Crippen LogP) is 4.08. The van der Waals surface area contributed by atoms with E-state index in [4.69, 9.17) is 9.47 Å². The Balaban J connectivity index is 1.78. The Morgan fingerprint density at radius 1 is 1.09 bits per heavy atom. The zero-order chi connectivity index (χ0) is 23.3. The molecule has 2 unspecified atom stereocenters. The number of hydrogen-bond donors (Lipinski definition) is 0. The van der Waals surface area contributed by atoms with E-state index in [1.165, 1.54) is 0 Å². The Kier molecular flexibility index (Phi) is 7.82. The molecule has 0 radical (unpaired) electrons. The first-order chi connectivity index (χ1) is 15.2. The number of hydrogen-bond acceptors (Lipinski definition) is 5. The minimum Gasteiger partial charge on any atom is -0.494 e. The number of aryl methyl sites for hydroxylation is 2. The van der Waals surface area contributed by atoms with Crippen LogP contribution in [0.15, 0.2) is 42.5 Å². The minimum absolute atomic E-state index is 0.00723. The molecule has 1 heterocycles. The Morgan fingerprint density at radius 2 is 1.75 bits per heavy atom. The van der Waals surface area contributed by atoms with Crippen molar-refractivity contribution in [1.29, 1.82) is 0 Å². The molecule has 3 rings (SSSR count). The number of carbonyl (C=O) groups is 1. The molecule has 0 aromatic heterocycles. The molecule has 0 bridgehead atoms. The summed E-state index contributed by atoms with van der Waals surface area (Å²) in [5.41, 5.74) is 3.04. The molecule has 0 saturated carbocycles. The van der Waals surface area contributed by atoms with Crippen molar-refractivity contribution >= 4 is 15.7 Å². The van der Waals surface area contributed by atoms with E-state index in [2.05, 4.69) is 6.92 Å². The van der Waals surface area contributed by atoms with Crippen LogP contribution in [0.5, 0.6) is 11.5 Å². The van der Waals surface area contributed by atoms with Gasteiger partial charge in [-0.1, -0.05) is 25.1 Å². The van der Waals surface area contributed by atoms with E-state index in [0.29, 0.717) is 25.3 Å². The van der Waals surface area contributed by atoms with Crippen LogP contribution >= 0.6 is 0 Å². The molecule has 2 aromatic carbocycles. The zero-order valence-electron chi connectivity index (χ0n) is 19.3. The Hall–Kier alpha value is -2.54. The topological polar surface area (TPSA) is 72.9 Å². The van der Waals surface area contributed by atoms with E-state index >= 15 is 0 Å². The molecule has 174 valence electrons. The quantitative estimate of drug-likeness (QED) is 0.565. The Labute approximate surface area is 191 Å². The lowest BCUT2D eigenvalue weighted by Crippen LogP contribution is -2.46. The summed E-state index contributed by atoms with van der Waals surface area (Å²) in [5.74, 6) is 1.31. The molecule has 1 fully saturated rings. The first-order valence-corrected chi connectivity index (χ1v) is 13.0. The van der Waals surface area contributed by atoms with Gasteiger partial charge in [-0.15, -0.1) is 0 Å². The van der Waals surface area contributed by atoms with Crippen molar-refractivity contribution in [1.82, 2.24) is 4.90 Å². The van der Waals surface area contributed by atoms with Gasteiger partial charge < -0.3 is 14.4 Å². The van der Waals surface area contributed by atoms with Crippen LogP contribution in [0, 0.1) is 13.8 Å². The lowest BCUT2D eigenvalue weighted by molar-refractivity contribution is -0.140. The molecule has 2 aromatic rings. The summed E-state index contributed by atoms with van der Waals surface area (Å²) < 4.78 is 35.8. The van der Waals surface area contributed by atoms with Gasteiger partial charge in [-0.2, -0.15) is 0 Å². The fourth-order valence-corrected chi connectivity index (χ4v) is 5.74. The molecule has 1 amide bonds. The predicted molar refractivity (Wildman–Crippen MR) is 126 cm³/mol. The van der Waals surface area contributed by atoms with Gasteiger partial charge in [0, 0.05) is 12.6 Å². The Morgan fingerprint density at radius 3 is 2.31 bits per heavy atom. The van der Waals surface area contributed by atoms with Crippen molar-refractivity contribution in [3.05, 3.63) is 59.2 Å². The maximum atomic E-state index is 13.4. The number of nitrogens with zero attached hydrogens (tertiary/aromatic N) is 1. The van der Waals surface area contributed by atoms with Crippen molar-refractivity contribution in [3.8, 4) is 11.5 Å². The van der Waals surface area contributed by atoms with Gasteiger partial charge in [0.1, 0.15) is 11.5 Å². The van der Waals surface area contributed by atoms with Crippen molar-refractivity contribution in [2.75, 3.05) is 18.1 Å². The average Bonchev–Trinajstić information content (AvgIpc) is 3.09. The molecule has 0 aliphatic carbocycles. The maximum Gasteiger partial charge on any atom is 0.263 e. The molecule has 2 atom stereocenters. The SMILES string of the molecule is CCCOc1ccc(CN(C(=O)C(C)Oc2cc(C)cc(C)c2)C2CCS(=O)(=O)C2)cc1. The summed E-state index contributed by atoms with van der Waals surface area (Å²) in [7, 11) is -3.13. The molecule has 6 nitrogen and oxygen atoms in total. The lowest BCUT2D eigenvalue weighted by atomic mass is 10.1. The van der Waals surface area contributed by atoms with E-state index < -0.39 is 15.9 Å². The summed E-state index contributed by atoms with van der Waals surface area (Å²) in [6.45, 7) is 8.71. The van der Waals surface area contributed by atoms with Gasteiger partial charge >= 0.3 is 0 Å². The molecule has 1 aliphatic rings. The van der Waals surface area contributed by atoms with Crippen molar-refractivity contribution in [2.45, 2.75) is 59.2 Å². The molecule has 0 N–H and O–H groups in total. The van der Waals surface area contributed by atoms with Gasteiger partial charge in [0.25, 0.3) is 5.91 Å². The highest BCUT2D eigenvalue weighted by Crippen LogP contribution is 2.24. The number of sulfone groups is 1. The number of rotatable bonds is 9. The molecule has 0 spiro atoms. The van der Waals surface area contributed by atoms with Crippen LogP contribution in [0.2, 0.25) is 0 Å². The van der Waals surface area contributed by atoms with Crippen molar-refractivity contribution < 1.29 is 22.7 Å². The van der Waals surface area contributed by atoms with Crippen LogP contribution in [-0.4, -0.2) is 49.5 Å². The van der Waals surface area contributed by atoms with E-state index in [1.54, 1.807) is 11.8 Å². The standard InChI is InChI=1S/C25H33NO5S/c1-5-11-30-23-8-6-21(7-9-23)16-26(22-10-12-32(28,29)17-22)25(27)20(4)31-24-14-18(2)13-19(3)15-24/h6-9,13-15,20,22H,5,10-12,16-17H2,1-4H3. The fourth-order valence-electron chi connectivity index (χ4n) is 4.00. The highest BCUT2D eigenvalue weighted by molar-refractivity contribution is 7.91. The first kappa shape index (κ1) is 24.1. The monoisotopic (exact) mass is 459 g/mol. The lowest BCUT2D eigenvalue weighted by Gasteiger charge is -2.31. The number of ether oxygens (including phenoxy) is 2. The average molecular weight is 460 g/mol. The summed E-state index contributed by atoms with van der Waals surface area (Å²) >= 11 is 0.